The highest BCUT2D eigenvalue weighted by Crippen LogP contribution is 2.29. The van der Waals surface area contributed by atoms with Crippen molar-refractivity contribution >= 4 is 33.5 Å². The molecule has 0 saturated heterocycles. The lowest BCUT2D eigenvalue weighted by molar-refractivity contribution is 0.102. The number of H-pyrrole nitrogens is 1. The second kappa shape index (κ2) is 6.95. The van der Waals surface area contributed by atoms with E-state index in [1.807, 2.05) is 79.0 Å². The summed E-state index contributed by atoms with van der Waals surface area (Å²) in [5.74, 6) is 0.607. The van der Waals surface area contributed by atoms with Gasteiger partial charge in [0, 0.05) is 29.2 Å². The summed E-state index contributed by atoms with van der Waals surface area (Å²) in [7, 11) is 0. The molecule has 0 unspecified atom stereocenters. The van der Waals surface area contributed by atoms with Crippen molar-refractivity contribution in [2.75, 3.05) is 5.32 Å². The molecule has 5 rings (SSSR count). The molecule has 0 fully saturated rings. The molecule has 0 saturated carbocycles. The molecule has 0 aliphatic heterocycles. The highest BCUT2D eigenvalue weighted by Gasteiger charge is 2.17. The SMILES string of the molecule is CCn1cc(C(=O)Nc2ccccc2-c2nc3ccccc3[nH]2)c2ccccc21. The minimum absolute atomic E-state index is 0.128. The molecule has 2 heterocycles. The maximum atomic E-state index is 13.2. The second-order valence-electron chi connectivity index (χ2n) is 6.95. The van der Waals surface area contributed by atoms with Gasteiger partial charge in [-0.3, -0.25) is 4.79 Å². The van der Waals surface area contributed by atoms with Crippen LogP contribution in [0.25, 0.3) is 33.3 Å². The normalized spacial score (nSPS) is 11.2. The molecule has 3 aromatic carbocycles. The number of aromatic amines is 1. The number of hydrogen-bond acceptors (Lipinski definition) is 2. The lowest BCUT2D eigenvalue weighted by Gasteiger charge is -2.09. The monoisotopic (exact) mass is 380 g/mol. The predicted molar refractivity (Wildman–Crippen MR) is 117 cm³/mol. The van der Waals surface area contributed by atoms with Gasteiger partial charge in [0.1, 0.15) is 5.82 Å². The van der Waals surface area contributed by atoms with Gasteiger partial charge >= 0.3 is 0 Å². The smallest absolute Gasteiger partial charge is 0.257 e. The topological polar surface area (TPSA) is 62.7 Å². The maximum absolute atomic E-state index is 13.2. The Morgan fingerprint density at radius 2 is 1.76 bits per heavy atom. The number of nitrogens with zero attached hydrogens (tertiary/aromatic N) is 2. The Labute approximate surface area is 168 Å². The molecule has 0 aliphatic carbocycles. The summed E-state index contributed by atoms with van der Waals surface area (Å²) in [5, 5.41) is 4.04. The summed E-state index contributed by atoms with van der Waals surface area (Å²) < 4.78 is 2.09. The van der Waals surface area contributed by atoms with Crippen LogP contribution in [-0.2, 0) is 6.54 Å². The summed E-state index contributed by atoms with van der Waals surface area (Å²) in [6.45, 7) is 2.88. The number of hydrogen-bond donors (Lipinski definition) is 2. The van der Waals surface area contributed by atoms with Gasteiger partial charge in [-0.15, -0.1) is 0 Å². The molecule has 0 atom stereocenters. The minimum Gasteiger partial charge on any atom is -0.347 e. The zero-order valence-electron chi connectivity index (χ0n) is 16.0. The zero-order valence-corrected chi connectivity index (χ0v) is 16.0. The molecular formula is C24H20N4O. The van der Waals surface area contributed by atoms with Crippen LogP contribution in [0.2, 0.25) is 0 Å². The van der Waals surface area contributed by atoms with Gasteiger partial charge in [-0.1, -0.05) is 42.5 Å². The Morgan fingerprint density at radius 1 is 1.00 bits per heavy atom. The van der Waals surface area contributed by atoms with Crippen molar-refractivity contribution in [3.8, 4) is 11.4 Å². The number of carbonyl (C=O) groups is 1. The fourth-order valence-corrected chi connectivity index (χ4v) is 3.76. The molecule has 142 valence electrons. The third-order valence-corrected chi connectivity index (χ3v) is 5.19. The third kappa shape index (κ3) is 2.97. The summed E-state index contributed by atoms with van der Waals surface area (Å²) in [6, 6.07) is 23.6. The minimum atomic E-state index is -0.128. The Bertz CT molecular complexity index is 1310. The maximum Gasteiger partial charge on any atom is 0.257 e. The van der Waals surface area contributed by atoms with Crippen LogP contribution in [0.1, 0.15) is 17.3 Å². The molecule has 5 aromatic rings. The number of aromatic nitrogens is 3. The number of nitrogens with one attached hydrogen (secondary N) is 2. The first-order valence-corrected chi connectivity index (χ1v) is 9.68. The van der Waals surface area contributed by atoms with Gasteiger partial charge in [-0.05, 0) is 37.3 Å². The van der Waals surface area contributed by atoms with Gasteiger partial charge in [0.15, 0.2) is 0 Å². The number of fused-ring (bicyclic) bond motifs is 2. The summed E-state index contributed by atoms with van der Waals surface area (Å²) in [6.07, 6.45) is 1.92. The first-order chi connectivity index (χ1) is 14.2. The fourth-order valence-electron chi connectivity index (χ4n) is 3.76. The third-order valence-electron chi connectivity index (χ3n) is 5.19. The quantitative estimate of drug-likeness (QED) is 0.435. The van der Waals surface area contributed by atoms with Crippen LogP contribution in [0.4, 0.5) is 5.69 Å². The molecule has 29 heavy (non-hydrogen) atoms. The molecular weight excluding hydrogens is 360 g/mol. The van der Waals surface area contributed by atoms with Gasteiger partial charge < -0.3 is 14.9 Å². The molecule has 1 amide bonds. The predicted octanol–water partition coefficient (Wildman–Crippen LogP) is 5.46. The van der Waals surface area contributed by atoms with E-state index in [-0.39, 0.29) is 5.91 Å². The van der Waals surface area contributed by atoms with Crippen LogP contribution in [-0.4, -0.2) is 20.4 Å². The summed E-state index contributed by atoms with van der Waals surface area (Å²) in [4.78, 5) is 21.2. The number of carbonyl (C=O) groups excluding carboxylic acids is 1. The van der Waals surface area contributed by atoms with Gasteiger partial charge in [0.05, 0.1) is 22.3 Å². The van der Waals surface area contributed by atoms with E-state index in [1.54, 1.807) is 0 Å². The molecule has 0 radical (unpaired) electrons. The number of anilines is 1. The highest BCUT2D eigenvalue weighted by atomic mass is 16.1. The van der Waals surface area contributed by atoms with Gasteiger partial charge in [-0.2, -0.15) is 0 Å². The van der Waals surface area contributed by atoms with Crippen molar-refractivity contribution in [1.82, 2.24) is 14.5 Å². The van der Waals surface area contributed by atoms with E-state index in [0.29, 0.717) is 5.56 Å². The summed E-state index contributed by atoms with van der Waals surface area (Å²) in [5.41, 5.74) is 5.18. The average molecular weight is 380 g/mol. The number of imidazole rings is 1. The first-order valence-electron chi connectivity index (χ1n) is 9.68. The van der Waals surface area contributed by atoms with Crippen LogP contribution in [0.5, 0.6) is 0 Å². The zero-order chi connectivity index (χ0) is 19.8. The number of benzene rings is 3. The van der Waals surface area contributed by atoms with Crippen molar-refractivity contribution in [1.29, 1.82) is 0 Å². The van der Waals surface area contributed by atoms with Crippen molar-refractivity contribution in [2.24, 2.45) is 0 Å². The van der Waals surface area contributed by atoms with E-state index >= 15 is 0 Å². The van der Waals surface area contributed by atoms with Gasteiger partial charge in [0.2, 0.25) is 0 Å². The molecule has 2 N–H and O–H groups in total. The Morgan fingerprint density at radius 3 is 2.62 bits per heavy atom. The van der Waals surface area contributed by atoms with Crippen LogP contribution < -0.4 is 5.32 Å². The van der Waals surface area contributed by atoms with E-state index < -0.39 is 0 Å². The Hall–Kier alpha value is -3.86. The van der Waals surface area contributed by atoms with Crippen LogP contribution >= 0.6 is 0 Å². The Kier molecular flexibility index (Phi) is 4.13. The summed E-state index contributed by atoms with van der Waals surface area (Å²) >= 11 is 0. The lowest BCUT2D eigenvalue weighted by atomic mass is 10.1. The van der Waals surface area contributed by atoms with Crippen molar-refractivity contribution in [3.05, 3.63) is 84.6 Å². The van der Waals surface area contributed by atoms with Gasteiger partial charge in [-0.25, -0.2) is 4.98 Å². The van der Waals surface area contributed by atoms with E-state index in [2.05, 4.69) is 26.8 Å². The van der Waals surface area contributed by atoms with Gasteiger partial charge in [0.25, 0.3) is 5.91 Å². The van der Waals surface area contributed by atoms with Crippen molar-refractivity contribution < 1.29 is 4.79 Å². The van der Waals surface area contributed by atoms with E-state index in [4.69, 9.17) is 0 Å². The molecule has 0 bridgehead atoms. The molecule has 5 heteroatoms. The molecule has 0 spiro atoms. The van der Waals surface area contributed by atoms with Crippen LogP contribution in [0.3, 0.4) is 0 Å². The number of amides is 1. The number of aryl methyl sites for hydroxylation is 1. The van der Waals surface area contributed by atoms with E-state index in [1.165, 1.54) is 0 Å². The van der Waals surface area contributed by atoms with E-state index in [9.17, 15) is 4.79 Å². The van der Waals surface area contributed by atoms with Crippen LogP contribution in [0, 0.1) is 0 Å². The van der Waals surface area contributed by atoms with Crippen molar-refractivity contribution in [2.45, 2.75) is 13.5 Å². The average Bonchev–Trinajstić information content (AvgIpc) is 3.35. The number of rotatable bonds is 4. The second-order valence-corrected chi connectivity index (χ2v) is 6.95. The van der Waals surface area contributed by atoms with Crippen molar-refractivity contribution in [3.63, 3.8) is 0 Å². The lowest BCUT2D eigenvalue weighted by Crippen LogP contribution is -2.12. The number of para-hydroxylation sites is 4. The highest BCUT2D eigenvalue weighted by molar-refractivity contribution is 6.14. The standard InChI is InChI=1S/C24H20N4O/c1-2-28-15-18(16-9-4-8-14-22(16)28)24(29)27-19-11-5-3-10-17(19)23-25-20-12-6-7-13-21(20)26-23/h3-15H,2H2,1H3,(H,25,26)(H,27,29). The molecule has 2 aromatic heterocycles. The fraction of sp³-hybridized carbons (Fsp3) is 0.0833. The van der Waals surface area contributed by atoms with E-state index in [0.717, 1.165) is 45.6 Å². The van der Waals surface area contributed by atoms with Crippen LogP contribution in [0.15, 0.2) is 79.0 Å². The largest absolute Gasteiger partial charge is 0.347 e. The Balaban J connectivity index is 1.54. The first kappa shape index (κ1) is 17.3. The molecule has 0 aliphatic rings. The molecule has 5 nitrogen and oxygen atoms in total.